The van der Waals surface area contributed by atoms with Gasteiger partial charge in [-0.2, -0.15) is 0 Å². The Kier molecular flexibility index (Phi) is 11.7. The van der Waals surface area contributed by atoms with Crippen molar-refractivity contribution in [1.29, 1.82) is 0 Å². The summed E-state index contributed by atoms with van der Waals surface area (Å²) in [7, 11) is 3.06. The molecule has 0 spiro atoms. The third-order valence-electron chi connectivity index (χ3n) is 7.76. The number of benzene rings is 3. The maximum absolute atomic E-state index is 14.4. The zero-order valence-corrected chi connectivity index (χ0v) is 31.0. The van der Waals surface area contributed by atoms with Crippen LogP contribution in [0.5, 0.6) is 23.0 Å². The van der Waals surface area contributed by atoms with Gasteiger partial charge in [0.15, 0.2) is 27.8 Å². The molecule has 5 rings (SSSR count). The molecule has 0 N–H and O–H groups in total. The third-order valence-corrected chi connectivity index (χ3v) is 9.80. The van der Waals surface area contributed by atoms with E-state index in [0.717, 1.165) is 16.7 Å². The van der Waals surface area contributed by atoms with Crippen LogP contribution in [0.3, 0.4) is 0 Å². The van der Waals surface area contributed by atoms with Crippen LogP contribution in [-0.4, -0.2) is 38.0 Å². The summed E-state index contributed by atoms with van der Waals surface area (Å²) in [5, 5.41) is 0.609. The van der Waals surface area contributed by atoms with E-state index in [1.807, 2.05) is 43.3 Å². The number of methoxy groups -OCH3 is 2. The molecule has 0 aliphatic carbocycles. The highest BCUT2D eigenvalue weighted by atomic mass is 79.9. The molecule has 3 aromatic carbocycles. The highest BCUT2D eigenvalue weighted by Gasteiger charge is 2.35. The van der Waals surface area contributed by atoms with Gasteiger partial charge in [-0.15, -0.1) is 6.58 Å². The van der Waals surface area contributed by atoms with Crippen molar-refractivity contribution in [3.8, 4) is 23.0 Å². The molecule has 4 aromatic rings. The van der Waals surface area contributed by atoms with Gasteiger partial charge in [-0.25, -0.2) is 9.79 Å². The van der Waals surface area contributed by atoms with Crippen LogP contribution in [-0.2, 0) is 22.6 Å². The second-order valence-electron chi connectivity index (χ2n) is 10.8. The van der Waals surface area contributed by atoms with Gasteiger partial charge in [-0.05, 0) is 74.7 Å². The van der Waals surface area contributed by atoms with Crippen LogP contribution in [0.4, 0.5) is 0 Å². The lowest BCUT2D eigenvalue weighted by molar-refractivity contribution is -0.139. The first kappa shape index (κ1) is 36.0. The minimum atomic E-state index is -0.859. The highest BCUT2D eigenvalue weighted by molar-refractivity contribution is 9.10. The summed E-state index contributed by atoms with van der Waals surface area (Å²) in [6.45, 7) is 10.1. The molecule has 0 unspecified atom stereocenters. The fourth-order valence-electron chi connectivity index (χ4n) is 5.58. The molecule has 0 radical (unpaired) electrons. The van der Waals surface area contributed by atoms with Crippen molar-refractivity contribution < 1.29 is 28.5 Å². The molecule has 9 nitrogen and oxygen atoms in total. The highest BCUT2D eigenvalue weighted by Crippen LogP contribution is 2.41. The summed E-state index contributed by atoms with van der Waals surface area (Å²) < 4.78 is 31.4. The zero-order valence-electron chi connectivity index (χ0n) is 27.8. The predicted octanol–water partition coefficient (Wildman–Crippen LogP) is 6.94. The molecule has 1 aromatic heterocycles. The smallest absolute Gasteiger partial charge is 0.338 e. The molecule has 0 saturated heterocycles. The molecule has 0 bridgehead atoms. The van der Waals surface area contributed by atoms with Gasteiger partial charge in [-0.1, -0.05) is 63.1 Å². The van der Waals surface area contributed by atoms with Crippen molar-refractivity contribution in [3.05, 3.63) is 124 Å². The van der Waals surface area contributed by atoms with E-state index in [4.69, 9.17) is 40.3 Å². The Balaban J connectivity index is 1.68. The largest absolute Gasteiger partial charge is 0.493 e. The molecular formula is C37H36BrClN2O7S. The van der Waals surface area contributed by atoms with Gasteiger partial charge in [0.2, 0.25) is 0 Å². The fourth-order valence-corrected chi connectivity index (χ4v) is 7.36. The molecule has 1 aliphatic rings. The second-order valence-corrected chi connectivity index (χ2v) is 13.1. The minimum Gasteiger partial charge on any atom is -0.493 e. The number of carbonyl (C=O) groups excluding carboxylic acids is 1. The van der Waals surface area contributed by atoms with Crippen LogP contribution in [0, 0.1) is 0 Å². The van der Waals surface area contributed by atoms with Gasteiger partial charge in [0, 0.05) is 20.6 Å². The molecule has 0 amide bonds. The van der Waals surface area contributed by atoms with Crippen LogP contribution in [0.15, 0.2) is 86.7 Å². The third kappa shape index (κ3) is 7.49. The summed E-state index contributed by atoms with van der Waals surface area (Å²) in [5.41, 5.74) is 3.38. The van der Waals surface area contributed by atoms with Gasteiger partial charge < -0.3 is 23.7 Å². The SMILES string of the molecule is C=CCc1cc(/C=c2/sc3n(c2=O)[C@H](c2cc(OC)c(OC)cc2Br)C(C(=O)OCC)=C(C)N=3)cc(OCC)c1OCc1ccccc1Cl. The van der Waals surface area contributed by atoms with E-state index in [-0.39, 0.29) is 24.3 Å². The fraction of sp³-hybridized carbons (Fsp3) is 0.270. The van der Waals surface area contributed by atoms with E-state index >= 15 is 0 Å². The van der Waals surface area contributed by atoms with Crippen molar-refractivity contribution in [2.45, 2.75) is 39.8 Å². The van der Waals surface area contributed by atoms with Crippen LogP contribution in [0.2, 0.25) is 5.02 Å². The van der Waals surface area contributed by atoms with Gasteiger partial charge in [-0.3, -0.25) is 9.36 Å². The summed E-state index contributed by atoms with van der Waals surface area (Å²) in [6, 6.07) is 13.9. The lowest BCUT2D eigenvalue weighted by Gasteiger charge is -2.26. The molecule has 2 heterocycles. The lowest BCUT2D eigenvalue weighted by atomic mass is 9.95. The van der Waals surface area contributed by atoms with Crippen LogP contribution in [0.25, 0.3) is 6.08 Å². The Labute approximate surface area is 301 Å². The lowest BCUT2D eigenvalue weighted by Crippen LogP contribution is -2.40. The first-order valence-corrected chi connectivity index (χ1v) is 17.5. The van der Waals surface area contributed by atoms with E-state index in [1.54, 1.807) is 38.1 Å². The topological polar surface area (TPSA) is 97.6 Å². The first-order valence-electron chi connectivity index (χ1n) is 15.5. The summed E-state index contributed by atoms with van der Waals surface area (Å²) in [5.74, 6) is 1.47. The Morgan fingerprint density at radius 1 is 1.04 bits per heavy atom. The number of carbonyl (C=O) groups is 1. The Hall–Kier alpha value is -4.32. The monoisotopic (exact) mass is 766 g/mol. The average molecular weight is 768 g/mol. The zero-order chi connectivity index (χ0) is 35.2. The minimum absolute atomic E-state index is 0.160. The van der Waals surface area contributed by atoms with Crippen molar-refractivity contribution in [2.75, 3.05) is 27.4 Å². The number of rotatable bonds is 13. The Morgan fingerprint density at radius 2 is 1.78 bits per heavy atom. The van der Waals surface area contributed by atoms with E-state index in [2.05, 4.69) is 22.5 Å². The molecule has 256 valence electrons. The normalized spacial score (nSPS) is 14.2. The molecule has 0 saturated carbocycles. The van der Waals surface area contributed by atoms with Crippen molar-refractivity contribution in [1.82, 2.24) is 4.57 Å². The number of thiazole rings is 1. The predicted molar refractivity (Wildman–Crippen MR) is 195 cm³/mol. The average Bonchev–Trinajstić information content (AvgIpc) is 3.38. The van der Waals surface area contributed by atoms with E-state index < -0.39 is 12.0 Å². The Morgan fingerprint density at radius 3 is 2.45 bits per heavy atom. The number of esters is 1. The summed E-state index contributed by atoms with van der Waals surface area (Å²) in [4.78, 5) is 32.9. The van der Waals surface area contributed by atoms with Crippen LogP contribution < -0.4 is 33.8 Å². The van der Waals surface area contributed by atoms with Crippen molar-refractivity contribution in [2.24, 2.45) is 4.99 Å². The molecule has 1 atom stereocenters. The number of aromatic nitrogens is 1. The molecular weight excluding hydrogens is 732 g/mol. The summed E-state index contributed by atoms with van der Waals surface area (Å²) in [6.07, 6.45) is 4.07. The maximum Gasteiger partial charge on any atom is 0.338 e. The van der Waals surface area contributed by atoms with E-state index in [9.17, 15) is 9.59 Å². The van der Waals surface area contributed by atoms with Gasteiger partial charge >= 0.3 is 5.97 Å². The second kappa shape index (κ2) is 15.9. The molecule has 0 fully saturated rings. The number of hydrogen-bond donors (Lipinski definition) is 0. The van der Waals surface area contributed by atoms with Crippen LogP contribution in [0.1, 0.15) is 49.1 Å². The number of fused-ring (bicyclic) bond motifs is 1. The number of ether oxygens (including phenoxy) is 5. The first-order chi connectivity index (χ1) is 23.6. The van der Waals surface area contributed by atoms with E-state index in [0.29, 0.717) is 66.1 Å². The molecule has 1 aliphatic heterocycles. The maximum atomic E-state index is 14.4. The standard InChI is InChI=1S/C37H36BrClN2O7S/c1-7-12-23-15-22(16-30(46-8-2)34(23)48-20-24-13-10-11-14-27(24)39)17-31-35(42)41-33(25-18-28(44-5)29(45-6)19-26(25)38)32(36(43)47-9-3)21(4)40-37(41)49-31/h7,10-11,13-19,33H,1,8-9,12,20H2,2-6H3/b31-17+/t33-/m1/s1. The number of nitrogens with zero attached hydrogens (tertiary/aromatic N) is 2. The van der Waals surface area contributed by atoms with E-state index in [1.165, 1.54) is 30.1 Å². The van der Waals surface area contributed by atoms with Crippen LogP contribution >= 0.6 is 38.9 Å². The van der Waals surface area contributed by atoms with Crippen molar-refractivity contribution >= 4 is 50.9 Å². The molecule has 12 heteroatoms. The summed E-state index contributed by atoms with van der Waals surface area (Å²) >= 11 is 11.3. The van der Waals surface area contributed by atoms with Gasteiger partial charge in [0.25, 0.3) is 5.56 Å². The Bertz CT molecular complexity index is 2120. The van der Waals surface area contributed by atoms with Gasteiger partial charge in [0.05, 0.1) is 49.3 Å². The molecule has 49 heavy (non-hydrogen) atoms. The van der Waals surface area contributed by atoms with Crippen molar-refractivity contribution in [3.63, 3.8) is 0 Å². The number of halogens is 2. The number of allylic oxidation sites excluding steroid dienone is 2. The number of hydrogen-bond acceptors (Lipinski definition) is 9. The van der Waals surface area contributed by atoms with Gasteiger partial charge in [0.1, 0.15) is 6.61 Å². The quantitative estimate of drug-likeness (QED) is 0.108.